The van der Waals surface area contributed by atoms with Crippen LogP contribution in [-0.2, 0) is 6.42 Å². The lowest BCUT2D eigenvalue weighted by Crippen LogP contribution is -2.33. The highest BCUT2D eigenvalue weighted by Crippen LogP contribution is 2.31. The van der Waals surface area contributed by atoms with Crippen molar-refractivity contribution < 1.29 is 9.18 Å². The highest BCUT2D eigenvalue weighted by molar-refractivity contribution is 5.99. The maximum absolute atomic E-state index is 14.2. The van der Waals surface area contributed by atoms with Crippen LogP contribution in [0.1, 0.15) is 48.2 Å². The number of nitrogens with one attached hydrogen (secondary N) is 1. The molecular formula is C25H31FN4O. The summed E-state index contributed by atoms with van der Waals surface area (Å²) in [6, 6.07) is 4.48. The van der Waals surface area contributed by atoms with Crippen molar-refractivity contribution >= 4 is 16.8 Å². The Hall–Kier alpha value is -2.73. The van der Waals surface area contributed by atoms with E-state index >= 15 is 0 Å². The predicted molar refractivity (Wildman–Crippen MR) is 122 cm³/mol. The van der Waals surface area contributed by atoms with Crippen LogP contribution in [0.4, 0.5) is 4.39 Å². The summed E-state index contributed by atoms with van der Waals surface area (Å²) in [4.78, 5) is 19.2. The second kappa shape index (κ2) is 8.79. The van der Waals surface area contributed by atoms with E-state index in [1.807, 2.05) is 30.8 Å². The predicted octanol–water partition coefficient (Wildman–Crippen LogP) is 4.50. The fourth-order valence-corrected chi connectivity index (χ4v) is 4.52. The van der Waals surface area contributed by atoms with Crippen molar-refractivity contribution in [3.05, 3.63) is 59.3 Å². The molecule has 1 N–H and O–H groups in total. The number of hydrogen-bond acceptors (Lipinski definition) is 3. The molecule has 1 fully saturated rings. The molecular weight excluding hydrogens is 391 g/mol. The number of rotatable bonds is 5. The number of aryl methyl sites for hydroxylation is 1. The molecule has 0 aliphatic carbocycles. The summed E-state index contributed by atoms with van der Waals surface area (Å²) in [6.07, 6.45) is 9.23. The Balaban J connectivity index is 1.85. The average Bonchev–Trinajstić information content (AvgIpc) is 3.12. The van der Waals surface area contributed by atoms with Gasteiger partial charge in [0.1, 0.15) is 5.82 Å². The topological polar surface area (TPSA) is 50.2 Å². The SMILES string of the molecule is Cc1cncc2c1c(C[C@H]1CCCNC1)cn2-c1ccc(F)cc1C(=O)N(C)C(C)C. The first-order valence-electron chi connectivity index (χ1n) is 11.1. The van der Waals surface area contributed by atoms with Crippen molar-refractivity contribution in [1.29, 1.82) is 0 Å². The van der Waals surface area contributed by atoms with Crippen LogP contribution in [0.2, 0.25) is 0 Å². The summed E-state index contributed by atoms with van der Waals surface area (Å²) in [5, 5.41) is 4.68. The van der Waals surface area contributed by atoms with Gasteiger partial charge in [0.25, 0.3) is 5.91 Å². The van der Waals surface area contributed by atoms with Gasteiger partial charge in [-0.25, -0.2) is 4.39 Å². The molecule has 0 saturated carbocycles. The summed E-state index contributed by atoms with van der Waals surface area (Å²) in [6.45, 7) is 8.09. The van der Waals surface area contributed by atoms with E-state index in [9.17, 15) is 9.18 Å². The van der Waals surface area contributed by atoms with Gasteiger partial charge in [-0.05, 0) is 88.4 Å². The molecule has 164 valence electrons. The van der Waals surface area contributed by atoms with Crippen LogP contribution in [0, 0.1) is 18.7 Å². The minimum atomic E-state index is -0.413. The lowest BCUT2D eigenvalue weighted by Gasteiger charge is -2.23. The zero-order valence-corrected chi connectivity index (χ0v) is 18.8. The van der Waals surface area contributed by atoms with E-state index in [1.54, 1.807) is 18.0 Å². The van der Waals surface area contributed by atoms with Crippen LogP contribution in [0.3, 0.4) is 0 Å². The second-order valence-electron chi connectivity index (χ2n) is 8.96. The van der Waals surface area contributed by atoms with Gasteiger partial charge < -0.3 is 14.8 Å². The van der Waals surface area contributed by atoms with Gasteiger partial charge in [-0.15, -0.1) is 0 Å². The number of aromatic nitrogens is 2. The smallest absolute Gasteiger partial charge is 0.256 e. The third kappa shape index (κ3) is 4.22. The van der Waals surface area contributed by atoms with E-state index in [4.69, 9.17) is 0 Å². The number of halogens is 1. The average molecular weight is 423 g/mol. The summed E-state index contributed by atoms with van der Waals surface area (Å²) >= 11 is 0. The Morgan fingerprint density at radius 2 is 2.16 bits per heavy atom. The largest absolute Gasteiger partial charge is 0.339 e. The molecule has 3 heterocycles. The van der Waals surface area contributed by atoms with Gasteiger partial charge in [0.2, 0.25) is 0 Å². The van der Waals surface area contributed by atoms with Crippen LogP contribution >= 0.6 is 0 Å². The molecule has 3 aromatic rings. The van der Waals surface area contributed by atoms with E-state index in [0.29, 0.717) is 17.2 Å². The van der Waals surface area contributed by atoms with E-state index in [0.717, 1.165) is 30.6 Å². The van der Waals surface area contributed by atoms with E-state index in [-0.39, 0.29) is 11.9 Å². The van der Waals surface area contributed by atoms with Gasteiger partial charge in [-0.1, -0.05) is 0 Å². The number of hydrogen-bond donors (Lipinski definition) is 1. The first kappa shape index (κ1) is 21.5. The quantitative estimate of drug-likeness (QED) is 0.659. The summed E-state index contributed by atoms with van der Waals surface area (Å²) in [5.41, 5.74) is 4.37. The molecule has 1 saturated heterocycles. The highest BCUT2D eigenvalue weighted by Gasteiger charge is 2.23. The Morgan fingerprint density at radius 1 is 1.35 bits per heavy atom. The van der Waals surface area contributed by atoms with Gasteiger partial charge in [0.05, 0.1) is 23.0 Å². The third-order valence-corrected chi connectivity index (χ3v) is 6.43. The van der Waals surface area contributed by atoms with Crippen LogP contribution in [0.15, 0.2) is 36.8 Å². The molecule has 1 amide bonds. The Kier molecular flexibility index (Phi) is 6.10. The molecule has 5 nitrogen and oxygen atoms in total. The molecule has 1 aromatic carbocycles. The van der Waals surface area contributed by atoms with Crippen molar-refractivity contribution in [3.63, 3.8) is 0 Å². The van der Waals surface area contributed by atoms with Gasteiger partial charge in [0, 0.05) is 30.9 Å². The second-order valence-corrected chi connectivity index (χ2v) is 8.96. The zero-order valence-electron chi connectivity index (χ0n) is 18.8. The number of fused-ring (bicyclic) bond motifs is 1. The fraction of sp³-hybridized carbons (Fsp3) is 0.440. The molecule has 0 bridgehead atoms. The molecule has 0 spiro atoms. The molecule has 1 aliphatic rings. The number of amides is 1. The van der Waals surface area contributed by atoms with Crippen LogP contribution < -0.4 is 5.32 Å². The number of carbonyl (C=O) groups excluding carboxylic acids is 1. The number of pyridine rings is 1. The fourth-order valence-electron chi connectivity index (χ4n) is 4.52. The number of benzene rings is 1. The first-order chi connectivity index (χ1) is 14.9. The molecule has 1 aliphatic heterocycles. The number of carbonyl (C=O) groups is 1. The van der Waals surface area contributed by atoms with Crippen LogP contribution in [-0.4, -0.2) is 46.5 Å². The van der Waals surface area contributed by atoms with Crippen molar-refractivity contribution in [2.75, 3.05) is 20.1 Å². The van der Waals surface area contributed by atoms with Crippen molar-refractivity contribution in [3.8, 4) is 5.69 Å². The monoisotopic (exact) mass is 422 g/mol. The maximum atomic E-state index is 14.2. The van der Waals surface area contributed by atoms with Crippen molar-refractivity contribution in [2.45, 2.75) is 46.1 Å². The lowest BCUT2D eigenvalue weighted by molar-refractivity contribution is 0.0754. The minimum absolute atomic E-state index is 0.0169. The standard InChI is InChI=1S/C25H31FN4O/c1-16(2)29(4)25(31)21-11-20(26)7-8-22(21)30-15-19(10-18-6-5-9-27-13-18)24-17(3)12-28-14-23(24)30/h7-8,11-12,14-16,18,27H,5-6,9-10,13H2,1-4H3/t18-/m1/s1. The van der Waals surface area contributed by atoms with Gasteiger partial charge >= 0.3 is 0 Å². The minimum Gasteiger partial charge on any atom is -0.339 e. The Morgan fingerprint density at radius 3 is 2.87 bits per heavy atom. The zero-order chi connectivity index (χ0) is 22.1. The molecule has 2 aromatic heterocycles. The summed E-state index contributed by atoms with van der Waals surface area (Å²) < 4.78 is 16.2. The maximum Gasteiger partial charge on any atom is 0.256 e. The third-order valence-electron chi connectivity index (χ3n) is 6.43. The van der Waals surface area contributed by atoms with Gasteiger partial charge in [-0.3, -0.25) is 9.78 Å². The van der Waals surface area contributed by atoms with E-state index < -0.39 is 5.82 Å². The molecule has 31 heavy (non-hydrogen) atoms. The Labute approximate surface area is 183 Å². The molecule has 0 radical (unpaired) electrons. The first-order valence-corrected chi connectivity index (χ1v) is 11.1. The normalized spacial score (nSPS) is 16.8. The van der Waals surface area contributed by atoms with Crippen LogP contribution in [0.5, 0.6) is 0 Å². The van der Waals surface area contributed by atoms with Gasteiger partial charge in [0.15, 0.2) is 0 Å². The van der Waals surface area contributed by atoms with Gasteiger partial charge in [-0.2, -0.15) is 0 Å². The summed E-state index contributed by atoms with van der Waals surface area (Å²) in [7, 11) is 1.75. The van der Waals surface area contributed by atoms with E-state index in [1.165, 1.54) is 35.9 Å². The Bertz CT molecular complexity index is 1100. The molecule has 0 unspecified atom stereocenters. The van der Waals surface area contributed by atoms with Crippen molar-refractivity contribution in [1.82, 2.24) is 19.8 Å². The summed E-state index contributed by atoms with van der Waals surface area (Å²) in [5.74, 6) is -0.0183. The highest BCUT2D eigenvalue weighted by atomic mass is 19.1. The molecule has 4 rings (SSSR count). The molecule has 1 atom stereocenters. The van der Waals surface area contributed by atoms with Crippen LogP contribution in [0.25, 0.3) is 16.6 Å². The van der Waals surface area contributed by atoms with E-state index in [2.05, 4.69) is 23.4 Å². The number of nitrogens with zero attached hydrogens (tertiary/aromatic N) is 3. The molecule has 6 heteroatoms. The van der Waals surface area contributed by atoms with Crippen molar-refractivity contribution in [2.24, 2.45) is 5.92 Å². The number of piperidine rings is 1. The lowest BCUT2D eigenvalue weighted by atomic mass is 9.92.